The Balaban J connectivity index is 0. The first-order valence-electron chi connectivity index (χ1n) is 2.02. The summed E-state index contributed by atoms with van der Waals surface area (Å²) in [5.41, 5.74) is 0. The van der Waals surface area contributed by atoms with E-state index in [0.29, 0.717) is 6.61 Å². The molecule has 0 aliphatic carbocycles. The lowest BCUT2D eigenvalue weighted by atomic mass is 10.9. The van der Waals surface area contributed by atoms with Crippen LogP contribution in [0.3, 0.4) is 0 Å². The van der Waals surface area contributed by atoms with Crippen LogP contribution in [0.4, 0.5) is 4.79 Å². The van der Waals surface area contributed by atoms with E-state index in [1.807, 2.05) is 0 Å². The standard InChI is InChI=1S/C4H8O3.BrH/c1-3-7-4(5)6-2;/h3H2,1-2H3;1H. The SMILES string of the molecule is Br.CCOC(=O)OC. The molecule has 0 aliphatic heterocycles. The summed E-state index contributed by atoms with van der Waals surface area (Å²) < 4.78 is 8.46. The minimum Gasteiger partial charge on any atom is -0.438 e. The molecule has 8 heavy (non-hydrogen) atoms. The fourth-order valence-electron chi connectivity index (χ4n) is 0.177. The molecule has 0 aromatic heterocycles. The molecule has 0 heterocycles. The van der Waals surface area contributed by atoms with Gasteiger partial charge < -0.3 is 9.47 Å². The van der Waals surface area contributed by atoms with Gasteiger partial charge in [-0.1, -0.05) is 0 Å². The maximum atomic E-state index is 9.97. The molecule has 0 radical (unpaired) electrons. The zero-order valence-corrected chi connectivity index (χ0v) is 6.55. The molecule has 0 amide bonds. The lowest BCUT2D eigenvalue weighted by Gasteiger charge is -1.94. The zero-order valence-electron chi connectivity index (χ0n) is 4.84. The maximum absolute atomic E-state index is 9.97. The first-order valence-corrected chi connectivity index (χ1v) is 2.02. The Morgan fingerprint density at radius 1 is 1.62 bits per heavy atom. The first kappa shape index (κ1) is 10.7. The van der Waals surface area contributed by atoms with Crippen molar-refractivity contribution in [2.75, 3.05) is 13.7 Å². The number of rotatable bonds is 1. The maximum Gasteiger partial charge on any atom is 0.507 e. The van der Waals surface area contributed by atoms with Gasteiger partial charge in [-0.25, -0.2) is 4.79 Å². The van der Waals surface area contributed by atoms with Gasteiger partial charge in [0.1, 0.15) is 0 Å². The highest BCUT2D eigenvalue weighted by atomic mass is 79.9. The fraction of sp³-hybridized carbons (Fsp3) is 0.750. The van der Waals surface area contributed by atoms with Crippen molar-refractivity contribution >= 4 is 23.1 Å². The second-order valence-corrected chi connectivity index (χ2v) is 0.887. The van der Waals surface area contributed by atoms with E-state index in [4.69, 9.17) is 0 Å². The molecule has 0 aromatic rings. The number of hydrogen-bond acceptors (Lipinski definition) is 3. The molecule has 3 nitrogen and oxygen atoms in total. The van der Waals surface area contributed by atoms with E-state index in [0.717, 1.165) is 0 Å². The molecule has 0 unspecified atom stereocenters. The summed E-state index contributed by atoms with van der Waals surface area (Å²) in [5, 5.41) is 0. The molecule has 0 fully saturated rings. The molecular weight excluding hydrogens is 176 g/mol. The fourth-order valence-corrected chi connectivity index (χ4v) is 0.177. The summed E-state index contributed by atoms with van der Waals surface area (Å²) >= 11 is 0. The Morgan fingerprint density at radius 3 is 2.25 bits per heavy atom. The van der Waals surface area contributed by atoms with Gasteiger partial charge in [-0.05, 0) is 6.92 Å². The van der Waals surface area contributed by atoms with Crippen LogP contribution in [0, 0.1) is 0 Å². The average Bonchev–Trinajstić information content (AvgIpc) is 1.68. The Morgan fingerprint density at radius 2 is 2.12 bits per heavy atom. The number of ether oxygens (including phenoxy) is 2. The van der Waals surface area contributed by atoms with Gasteiger partial charge in [-0.15, -0.1) is 17.0 Å². The van der Waals surface area contributed by atoms with E-state index in [1.54, 1.807) is 6.92 Å². The smallest absolute Gasteiger partial charge is 0.438 e. The molecule has 50 valence electrons. The zero-order chi connectivity index (χ0) is 5.70. The topological polar surface area (TPSA) is 35.5 Å². The summed E-state index contributed by atoms with van der Waals surface area (Å²) in [6.45, 7) is 2.09. The Labute approximate surface area is 58.7 Å². The largest absolute Gasteiger partial charge is 0.507 e. The van der Waals surface area contributed by atoms with Crippen LogP contribution in [-0.4, -0.2) is 19.9 Å². The monoisotopic (exact) mass is 184 g/mol. The van der Waals surface area contributed by atoms with Crippen molar-refractivity contribution in [3.05, 3.63) is 0 Å². The van der Waals surface area contributed by atoms with E-state index in [-0.39, 0.29) is 17.0 Å². The second kappa shape index (κ2) is 6.75. The van der Waals surface area contributed by atoms with Gasteiger partial charge in [0.05, 0.1) is 13.7 Å². The van der Waals surface area contributed by atoms with Crippen molar-refractivity contribution in [2.24, 2.45) is 0 Å². The first-order chi connectivity index (χ1) is 3.31. The van der Waals surface area contributed by atoms with E-state index < -0.39 is 6.16 Å². The molecule has 4 heteroatoms. The van der Waals surface area contributed by atoms with Crippen LogP contribution in [0.5, 0.6) is 0 Å². The van der Waals surface area contributed by atoms with Gasteiger partial charge in [0.15, 0.2) is 0 Å². The highest BCUT2D eigenvalue weighted by Gasteiger charge is 1.92. The van der Waals surface area contributed by atoms with Crippen LogP contribution >= 0.6 is 17.0 Å². The van der Waals surface area contributed by atoms with Gasteiger partial charge in [0.2, 0.25) is 0 Å². The average molecular weight is 185 g/mol. The van der Waals surface area contributed by atoms with Gasteiger partial charge in [0, 0.05) is 0 Å². The Kier molecular flexibility index (Phi) is 9.01. The molecule has 0 aliphatic rings. The summed E-state index contributed by atoms with van der Waals surface area (Å²) in [5.74, 6) is 0. The van der Waals surface area contributed by atoms with Gasteiger partial charge >= 0.3 is 6.16 Å². The normalized spacial score (nSPS) is 6.75. The van der Waals surface area contributed by atoms with Gasteiger partial charge in [0.25, 0.3) is 0 Å². The number of carbonyl (C=O) groups is 1. The highest BCUT2D eigenvalue weighted by molar-refractivity contribution is 8.93. The summed E-state index contributed by atoms with van der Waals surface area (Å²) in [4.78, 5) is 9.97. The van der Waals surface area contributed by atoms with E-state index in [1.165, 1.54) is 7.11 Å². The molecule has 0 atom stereocenters. The van der Waals surface area contributed by atoms with Gasteiger partial charge in [-0.3, -0.25) is 0 Å². The minimum absolute atomic E-state index is 0. The van der Waals surface area contributed by atoms with Crippen LogP contribution in [0.1, 0.15) is 6.92 Å². The molecule has 0 saturated heterocycles. The lowest BCUT2D eigenvalue weighted by molar-refractivity contribution is 0.0771. The van der Waals surface area contributed by atoms with Crippen LogP contribution in [-0.2, 0) is 9.47 Å². The second-order valence-electron chi connectivity index (χ2n) is 0.887. The van der Waals surface area contributed by atoms with E-state index in [2.05, 4.69) is 9.47 Å². The van der Waals surface area contributed by atoms with Crippen molar-refractivity contribution in [2.45, 2.75) is 6.92 Å². The van der Waals surface area contributed by atoms with Crippen molar-refractivity contribution in [1.29, 1.82) is 0 Å². The molecule has 0 rings (SSSR count). The van der Waals surface area contributed by atoms with Crippen molar-refractivity contribution < 1.29 is 14.3 Å². The number of carbonyl (C=O) groups excluding carboxylic acids is 1. The predicted octanol–water partition coefficient (Wildman–Crippen LogP) is 1.37. The molecule has 0 N–H and O–H groups in total. The molecule has 0 bridgehead atoms. The third-order valence-electron chi connectivity index (χ3n) is 0.429. The third-order valence-corrected chi connectivity index (χ3v) is 0.429. The summed E-state index contributed by atoms with van der Waals surface area (Å²) in [7, 11) is 1.28. The van der Waals surface area contributed by atoms with Crippen molar-refractivity contribution in [1.82, 2.24) is 0 Å². The van der Waals surface area contributed by atoms with Crippen molar-refractivity contribution in [3.8, 4) is 0 Å². The van der Waals surface area contributed by atoms with Crippen LogP contribution < -0.4 is 0 Å². The molecule has 0 spiro atoms. The molecular formula is C4H9BrO3. The lowest BCUT2D eigenvalue weighted by Crippen LogP contribution is -2.02. The molecule has 0 aromatic carbocycles. The van der Waals surface area contributed by atoms with Crippen LogP contribution in [0.15, 0.2) is 0 Å². The Hall–Kier alpha value is -0.250. The number of methoxy groups -OCH3 is 1. The quantitative estimate of drug-likeness (QED) is 0.578. The van der Waals surface area contributed by atoms with Crippen molar-refractivity contribution in [3.63, 3.8) is 0 Å². The van der Waals surface area contributed by atoms with E-state index in [9.17, 15) is 4.79 Å². The number of hydrogen-bond donors (Lipinski definition) is 0. The molecule has 0 saturated carbocycles. The summed E-state index contributed by atoms with van der Waals surface area (Å²) in [6.07, 6.45) is -0.623. The van der Waals surface area contributed by atoms with Crippen LogP contribution in [0.2, 0.25) is 0 Å². The van der Waals surface area contributed by atoms with Crippen LogP contribution in [0.25, 0.3) is 0 Å². The highest BCUT2D eigenvalue weighted by Crippen LogP contribution is 1.77. The third kappa shape index (κ3) is 5.75. The minimum atomic E-state index is -0.623. The Bertz CT molecular complexity index is 64.3. The summed E-state index contributed by atoms with van der Waals surface area (Å²) in [6, 6.07) is 0. The van der Waals surface area contributed by atoms with E-state index >= 15 is 0 Å². The predicted molar refractivity (Wildman–Crippen MR) is 34.4 cm³/mol. The number of halogens is 1. The van der Waals surface area contributed by atoms with Gasteiger partial charge in [-0.2, -0.15) is 0 Å².